The highest BCUT2D eigenvalue weighted by Crippen LogP contribution is 2.23. The second-order valence-electron chi connectivity index (χ2n) is 4.52. The number of hydrogen-bond acceptors (Lipinski definition) is 3. The summed E-state index contributed by atoms with van der Waals surface area (Å²) in [5.41, 5.74) is 1.27. The molecular weight excluding hydrogens is 307 g/mol. The molecule has 1 N–H and O–H groups in total. The summed E-state index contributed by atoms with van der Waals surface area (Å²) in [6, 6.07) is 14.3. The average Bonchev–Trinajstić information content (AvgIpc) is 2.97. The zero-order valence-electron chi connectivity index (χ0n) is 11.2. The summed E-state index contributed by atoms with van der Waals surface area (Å²) in [7, 11) is 0. The van der Waals surface area contributed by atoms with E-state index >= 15 is 0 Å². The van der Waals surface area contributed by atoms with Gasteiger partial charge in [-0.05, 0) is 24.3 Å². The quantitative estimate of drug-likeness (QED) is 0.779. The Balaban J connectivity index is 1.78. The molecule has 110 valence electrons. The van der Waals surface area contributed by atoms with Crippen LogP contribution in [0, 0.1) is 5.82 Å². The zero-order chi connectivity index (χ0) is 15.5. The first kappa shape index (κ1) is 14.3. The van der Waals surface area contributed by atoms with Crippen LogP contribution in [0.25, 0.3) is 11.3 Å². The third-order valence-corrected chi connectivity index (χ3v) is 3.26. The second kappa shape index (κ2) is 5.99. The number of hydrogen-bond donors (Lipinski definition) is 1. The molecule has 1 aromatic heterocycles. The van der Waals surface area contributed by atoms with Crippen LogP contribution in [0.5, 0.6) is 0 Å². The van der Waals surface area contributed by atoms with Crippen molar-refractivity contribution in [2.24, 2.45) is 0 Å². The van der Waals surface area contributed by atoms with E-state index in [1.807, 2.05) is 0 Å². The lowest BCUT2D eigenvalue weighted by Gasteiger charge is -2.01. The predicted octanol–water partition coefficient (Wildman–Crippen LogP) is 4.39. The van der Waals surface area contributed by atoms with E-state index in [1.54, 1.807) is 36.4 Å². The lowest BCUT2D eigenvalue weighted by Crippen LogP contribution is -2.13. The van der Waals surface area contributed by atoms with Crippen molar-refractivity contribution >= 4 is 23.4 Å². The number of rotatable bonds is 3. The van der Waals surface area contributed by atoms with Crippen LogP contribution >= 0.6 is 11.6 Å². The Hall–Kier alpha value is -2.66. The number of carbonyl (C=O) groups is 1. The fourth-order valence-electron chi connectivity index (χ4n) is 1.92. The highest BCUT2D eigenvalue weighted by molar-refractivity contribution is 6.30. The summed E-state index contributed by atoms with van der Waals surface area (Å²) in [6.07, 6.45) is 0. The molecule has 1 amide bonds. The first-order chi connectivity index (χ1) is 10.6. The van der Waals surface area contributed by atoms with Gasteiger partial charge in [-0.1, -0.05) is 41.0 Å². The molecule has 2 aromatic carbocycles. The molecular formula is C16H10ClFN2O2. The van der Waals surface area contributed by atoms with Crippen molar-refractivity contribution in [3.63, 3.8) is 0 Å². The first-order valence-electron chi connectivity index (χ1n) is 6.42. The van der Waals surface area contributed by atoms with Gasteiger partial charge in [0.15, 0.2) is 0 Å². The number of halogens is 2. The van der Waals surface area contributed by atoms with Gasteiger partial charge in [-0.15, -0.1) is 0 Å². The summed E-state index contributed by atoms with van der Waals surface area (Å²) in [5.74, 6) is -1.06. The van der Waals surface area contributed by atoms with Crippen molar-refractivity contribution in [2.45, 2.75) is 0 Å². The second-order valence-corrected chi connectivity index (χ2v) is 4.95. The summed E-state index contributed by atoms with van der Waals surface area (Å²) >= 11 is 5.82. The van der Waals surface area contributed by atoms with Gasteiger partial charge in [-0.3, -0.25) is 10.1 Å². The van der Waals surface area contributed by atoms with Crippen molar-refractivity contribution in [2.75, 3.05) is 5.32 Å². The standard InChI is InChI=1S/C16H10ClFN2O2/c17-11-7-5-10(6-8-11)14-9-15(22-20-14)19-16(21)12-3-1-2-4-13(12)18/h1-9H,(H,19,21). The maximum atomic E-state index is 13.5. The molecule has 0 aliphatic heterocycles. The van der Waals surface area contributed by atoms with Crippen LogP contribution in [0.15, 0.2) is 59.1 Å². The topological polar surface area (TPSA) is 55.1 Å². The smallest absolute Gasteiger partial charge is 0.261 e. The molecule has 1 heterocycles. The third-order valence-electron chi connectivity index (χ3n) is 3.01. The van der Waals surface area contributed by atoms with Gasteiger partial charge < -0.3 is 4.52 Å². The first-order valence-corrected chi connectivity index (χ1v) is 6.80. The van der Waals surface area contributed by atoms with Gasteiger partial charge in [0.1, 0.15) is 11.5 Å². The van der Waals surface area contributed by atoms with Gasteiger partial charge in [-0.2, -0.15) is 0 Å². The minimum atomic E-state index is -0.600. The van der Waals surface area contributed by atoms with Crippen LogP contribution in [0.3, 0.4) is 0 Å². The predicted molar refractivity (Wildman–Crippen MR) is 81.3 cm³/mol. The monoisotopic (exact) mass is 316 g/mol. The SMILES string of the molecule is O=C(Nc1cc(-c2ccc(Cl)cc2)no1)c1ccccc1F. The van der Waals surface area contributed by atoms with E-state index in [9.17, 15) is 9.18 Å². The van der Waals surface area contributed by atoms with Crippen molar-refractivity contribution < 1.29 is 13.7 Å². The van der Waals surface area contributed by atoms with Crippen LogP contribution in [-0.2, 0) is 0 Å². The van der Waals surface area contributed by atoms with Crippen LogP contribution < -0.4 is 5.32 Å². The van der Waals surface area contributed by atoms with E-state index in [1.165, 1.54) is 18.2 Å². The molecule has 3 aromatic rings. The fraction of sp³-hybridized carbons (Fsp3) is 0. The van der Waals surface area contributed by atoms with Crippen molar-refractivity contribution in [3.05, 3.63) is 71.0 Å². The van der Waals surface area contributed by atoms with Gasteiger partial charge >= 0.3 is 0 Å². The van der Waals surface area contributed by atoms with Crippen LogP contribution in [0.2, 0.25) is 5.02 Å². The number of amides is 1. The number of aromatic nitrogens is 1. The third kappa shape index (κ3) is 2.99. The molecule has 0 saturated heterocycles. The number of nitrogens with zero attached hydrogens (tertiary/aromatic N) is 1. The van der Waals surface area contributed by atoms with Crippen LogP contribution in [-0.4, -0.2) is 11.1 Å². The Kier molecular flexibility index (Phi) is 3.89. The van der Waals surface area contributed by atoms with Crippen LogP contribution in [0.1, 0.15) is 10.4 Å². The molecule has 0 atom stereocenters. The molecule has 0 aliphatic carbocycles. The molecule has 6 heteroatoms. The highest BCUT2D eigenvalue weighted by Gasteiger charge is 2.14. The number of benzene rings is 2. The molecule has 4 nitrogen and oxygen atoms in total. The lowest BCUT2D eigenvalue weighted by atomic mass is 10.1. The van der Waals surface area contributed by atoms with Gasteiger partial charge in [0.25, 0.3) is 5.91 Å². The minimum absolute atomic E-state index is 0.0630. The molecule has 0 spiro atoms. The molecule has 0 unspecified atom stereocenters. The van der Waals surface area contributed by atoms with E-state index in [-0.39, 0.29) is 11.4 Å². The van der Waals surface area contributed by atoms with Gasteiger partial charge in [0.2, 0.25) is 5.88 Å². The van der Waals surface area contributed by atoms with E-state index in [0.29, 0.717) is 10.7 Å². The Labute approximate surface area is 130 Å². The summed E-state index contributed by atoms with van der Waals surface area (Å²) < 4.78 is 18.6. The molecule has 0 aliphatic rings. The maximum absolute atomic E-state index is 13.5. The summed E-state index contributed by atoms with van der Waals surface area (Å²) in [5, 5.41) is 6.94. The van der Waals surface area contributed by atoms with Crippen molar-refractivity contribution in [1.82, 2.24) is 5.16 Å². The molecule has 22 heavy (non-hydrogen) atoms. The Morgan fingerprint density at radius 3 is 2.59 bits per heavy atom. The number of anilines is 1. The average molecular weight is 317 g/mol. The van der Waals surface area contributed by atoms with Crippen molar-refractivity contribution in [3.8, 4) is 11.3 Å². The molecule has 0 saturated carbocycles. The highest BCUT2D eigenvalue weighted by atomic mass is 35.5. The van der Waals surface area contributed by atoms with Gasteiger partial charge in [0.05, 0.1) is 5.56 Å². The molecule has 0 bridgehead atoms. The largest absolute Gasteiger partial charge is 0.338 e. The fourth-order valence-corrected chi connectivity index (χ4v) is 2.04. The van der Waals surface area contributed by atoms with E-state index in [2.05, 4.69) is 10.5 Å². The van der Waals surface area contributed by atoms with E-state index < -0.39 is 11.7 Å². The Morgan fingerprint density at radius 1 is 1.14 bits per heavy atom. The minimum Gasteiger partial charge on any atom is -0.338 e. The van der Waals surface area contributed by atoms with Crippen molar-refractivity contribution in [1.29, 1.82) is 0 Å². The summed E-state index contributed by atoms with van der Waals surface area (Å²) in [4.78, 5) is 12.0. The summed E-state index contributed by atoms with van der Waals surface area (Å²) in [6.45, 7) is 0. The van der Waals surface area contributed by atoms with Crippen LogP contribution in [0.4, 0.5) is 10.3 Å². The normalized spacial score (nSPS) is 10.5. The van der Waals surface area contributed by atoms with Gasteiger partial charge in [0, 0.05) is 16.7 Å². The van der Waals surface area contributed by atoms with E-state index in [0.717, 1.165) is 5.56 Å². The molecule has 0 radical (unpaired) electrons. The van der Waals surface area contributed by atoms with E-state index in [4.69, 9.17) is 16.1 Å². The van der Waals surface area contributed by atoms with Gasteiger partial charge in [-0.25, -0.2) is 4.39 Å². The molecule has 3 rings (SSSR count). The Morgan fingerprint density at radius 2 is 1.86 bits per heavy atom. The Bertz CT molecular complexity index is 815. The number of carbonyl (C=O) groups excluding carboxylic acids is 1. The maximum Gasteiger partial charge on any atom is 0.261 e. The molecule has 0 fully saturated rings. The lowest BCUT2D eigenvalue weighted by molar-refractivity contribution is 0.102. The number of nitrogens with one attached hydrogen (secondary N) is 1. The zero-order valence-corrected chi connectivity index (χ0v) is 12.0.